The number of amides is 1. The van der Waals surface area contributed by atoms with E-state index < -0.39 is 5.97 Å². The lowest BCUT2D eigenvalue weighted by molar-refractivity contribution is -0.137. The van der Waals surface area contributed by atoms with Crippen molar-refractivity contribution in [2.45, 2.75) is 45.1 Å². The number of aliphatic carboxylic acids is 1. The molecule has 1 saturated heterocycles. The zero-order valence-electron chi connectivity index (χ0n) is 13.2. The molecule has 2 heterocycles. The predicted molar refractivity (Wildman–Crippen MR) is 86.5 cm³/mol. The topological polar surface area (TPSA) is 70.8 Å². The van der Waals surface area contributed by atoms with Crippen LogP contribution in [0.2, 0.25) is 0 Å². The SMILES string of the molecule is Cc1cccc2cc(C(=O)N3CCCCC3CCC(=O)O)oc12. The van der Waals surface area contributed by atoms with Crippen molar-refractivity contribution in [2.75, 3.05) is 6.54 Å². The summed E-state index contributed by atoms with van der Waals surface area (Å²) in [6.45, 7) is 2.62. The van der Waals surface area contributed by atoms with Crippen molar-refractivity contribution in [1.82, 2.24) is 4.90 Å². The molecule has 1 aromatic carbocycles. The molecule has 5 heteroatoms. The van der Waals surface area contributed by atoms with E-state index in [2.05, 4.69) is 0 Å². The minimum absolute atomic E-state index is 0.0124. The second kappa shape index (κ2) is 6.44. The average Bonchev–Trinajstić information content (AvgIpc) is 2.98. The van der Waals surface area contributed by atoms with Crippen molar-refractivity contribution < 1.29 is 19.1 Å². The van der Waals surface area contributed by atoms with Crippen LogP contribution in [0.4, 0.5) is 0 Å². The number of piperidine rings is 1. The van der Waals surface area contributed by atoms with E-state index in [1.165, 1.54) is 0 Å². The van der Waals surface area contributed by atoms with Crippen LogP contribution in [-0.2, 0) is 4.79 Å². The quantitative estimate of drug-likeness (QED) is 0.935. The maximum absolute atomic E-state index is 12.8. The standard InChI is InChI=1S/C18H21NO4/c1-12-5-4-6-13-11-15(23-17(12)13)18(22)19-10-3-2-7-14(19)8-9-16(20)21/h4-6,11,14H,2-3,7-10H2,1H3,(H,20,21). The first-order chi connectivity index (χ1) is 11.1. The zero-order chi connectivity index (χ0) is 16.4. The van der Waals surface area contributed by atoms with Gasteiger partial charge in [0, 0.05) is 24.4 Å². The number of aryl methyl sites for hydroxylation is 1. The third-order valence-electron chi connectivity index (χ3n) is 4.53. The number of hydrogen-bond donors (Lipinski definition) is 1. The fourth-order valence-electron chi connectivity index (χ4n) is 3.31. The van der Waals surface area contributed by atoms with E-state index in [1.807, 2.05) is 25.1 Å². The lowest BCUT2D eigenvalue weighted by atomic mass is 9.97. The molecule has 23 heavy (non-hydrogen) atoms. The first kappa shape index (κ1) is 15.6. The second-order valence-corrected chi connectivity index (χ2v) is 6.18. The van der Waals surface area contributed by atoms with Gasteiger partial charge in [-0.2, -0.15) is 0 Å². The Morgan fingerprint density at radius 2 is 2.17 bits per heavy atom. The molecule has 5 nitrogen and oxygen atoms in total. The predicted octanol–water partition coefficient (Wildman–Crippen LogP) is 3.60. The Balaban J connectivity index is 1.83. The molecule has 0 spiro atoms. The summed E-state index contributed by atoms with van der Waals surface area (Å²) in [5.74, 6) is -0.602. The molecule has 122 valence electrons. The van der Waals surface area contributed by atoms with Gasteiger partial charge in [0.2, 0.25) is 0 Å². The second-order valence-electron chi connectivity index (χ2n) is 6.18. The average molecular weight is 315 g/mol. The van der Waals surface area contributed by atoms with E-state index >= 15 is 0 Å². The molecule has 1 N–H and O–H groups in total. The van der Waals surface area contributed by atoms with Crippen molar-refractivity contribution in [3.05, 3.63) is 35.6 Å². The largest absolute Gasteiger partial charge is 0.481 e. The van der Waals surface area contributed by atoms with E-state index in [4.69, 9.17) is 9.52 Å². The van der Waals surface area contributed by atoms with Crippen LogP contribution in [0.5, 0.6) is 0 Å². The van der Waals surface area contributed by atoms with Gasteiger partial charge in [0.25, 0.3) is 5.91 Å². The summed E-state index contributed by atoms with van der Waals surface area (Å²) < 4.78 is 5.78. The zero-order valence-corrected chi connectivity index (χ0v) is 13.2. The van der Waals surface area contributed by atoms with Crippen molar-refractivity contribution >= 4 is 22.8 Å². The molecule has 1 aliphatic heterocycles. The molecule has 1 unspecified atom stereocenters. The van der Waals surface area contributed by atoms with Gasteiger partial charge in [-0.3, -0.25) is 9.59 Å². The first-order valence-electron chi connectivity index (χ1n) is 8.08. The molecule has 2 aromatic rings. The highest BCUT2D eigenvalue weighted by Crippen LogP contribution is 2.27. The number of carbonyl (C=O) groups is 2. The summed E-state index contributed by atoms with van der Waals surface area (Å²) in [4.78, 5) is 25.4. The molecule has 1 atom stereocenters. The Labute approximate surface area is 134 Å². The van der Waals surface area contributed by atoms with Gasteiger partial charge in [0.05, 0.1) is 0 Å². The molecule has 1 aromatic heterocycles. The van der Waals surface area contributed by atoms with Gasteiger partial charge in [0.15, 0.2) is 5.76 Å². The van der Waals surface area contributed by atoms with Crippen LogP contribution < -0.4 is 0 Å². The number of likely N-dealkylation sites (tertiary alicyclic amines) is 1. The lowest BCUT2D eigenvalue weighted by Gasteiger charge is -2.35. The fraction of sp³-hybridized carbons (Fsp3) is 0.444. The maximum atomic E-state index is 12.8. The molecule has 1 amide bonds. The summed E-state index contributed by atoms with van der Waals surface area (Å²) in [5.41, 5.74) is 1.75. The van der Waals surface area contributed by atoms with E-state index in [0.717, 1.165) is 35.8 Å². The highest BCUT2D eigenvalue weighted by Gasteiger charge is 2.29. The highest BCUT2D eigenvalue weighted by molar-refractivity contribution is 5.96. The molecule has 0 saturated carbocycles. The lowest BCUT2D eigenvalue weighted by Crippen LogP contribution is -2.43. The molecular weight excluding hydrogens is 294 g/mol. The van der Waals surface area contributed by atoms with E-state index in [-0.39, 0.29) is 18.4 Å². The van der Waals surface area contributed by atoms with Gasteiger partial charge in [-0.25, -0.2) is 0 Å². The number of para-hydroxylation sites is 1. The summed E-state index contributed by atoms with van der Waals surface area (Å²) in [6, 6.07) is 7.60. The monoisotopic (exact) mass is 315 g/mol. The van der Waals surface area contributed by atoms with Crippen molar-refractivity contribution in [2.24, 2.45) is 0 Å². The minimum atomic E-state index is -0.817. The summed E-state index contributed by atoms with van der Waals surface area (Å²) in [5, 5.41) is 9.81. The number of nitrogens with zero attached hydrogens (tertiary/aromatic N) is 1. The van der Waals surface area contributed by atoms with Gasteiger partial charge in [0.1, 0.15) is 5.58 Å². The van der Waals surface area contributed by atoms with Gasteiger partial charge < -0.3 is 14.4 Å². The van der Waals surface area contributed by atoms with E-state index in [1.54, 1.807) is 11.0 Å². The fourth-order valence-corrected chi connectivity index (χ4v) is 3.31. The minimum Gasteiger partial charge on any atom is -0.481 e. The van der Waals surface area contributed by atoms with Crippen LogP contribution in [0.1, 0.15) is 48.2 Å². The molecule has 0 radical (unpaired) electrons. The summed E-state index contributed by atoms with van der Waals surface area (Å²) >= 11 is 0. The number of rotatable bonds is 4. The molecule has 1 aliphatic rings. The number of furan rings is 1. The van der Waals surface area contributed by atoms with Gasteiger partial charge in [-0.1, -0.05) is 18.2 Å². The van der Waals surface area contributed by atoms with E-state index in [9.17, 15) is 9.59 Å². The van der Waals surface area contributed by atoms with Crippen molar-refractivity contribution in [3.63, 3.8) is 0 Å². The number of hydrogen-bond acceptors (Lipinski definition) is 3. The van der Waals surface area contributed by atoms with Crippen LogP contribution in [0.15, 0.2) is 28.7 Å². The van der Waals surface area contributed by atoms with Crippen LogP contribution in [0.3, 0.4) is 0 Å². The Hall–Kier alpha value is -2.30. The van der Waals surface area contributed by atoms with Crippen molar-refractivity contribution in [3.8, 4) is 0 Å². The maximum Gasteiger partial charge on any atom is 0.303 e. The van der Waals surface area contributed by atoms with Crippen LogP contribution in [-0.4, -0.2) is 34.5 Å². The van der Waals surface area contributed by atoms with Crippen molar-refractivity contribution in [1.29, 1.82) is 0 Å². The summed E-state index contributed by atoms with van der Waals surface area (Å²) in [6.07, 6.45) is 3.44. The van der Waals surface area contributed by atoms with Gasteiger partial charge >= 0.3 is 5.97 Å². The normalized spacial score (nSPS) is 18.3. The third kappa shape index (κ3) is 3.23. The number of carboxylic acids is 1. The summed E-state index contributed by atoms with van der Waals surface area (Å²) in [7, 11) is 0. The molecule has 0 bridgehead atoms. The molecular formula is C18H21NO4. The Kier molecular flexibility index (Phi) is 4.37. The molecule has 1 fully saturated rings. The third-order valence-corrected chi connectivity index (χ3v) is 4.53. The number of benzene rings is 1. The van der Waals surface area contributed by atoms with Crippen LogP contribution in [0, 0.1) is 6.92 Å². The number of carboxylic acid groups (broad SMARTS) is 1. The van der Waals surface area contributed by atoms with Crippen LogP contribution >= 0.6 is 0 Å². The Morgan fingerprint density at radius 3 is 2.91 bits per heavy atom. The molecule has 0 aliphatic carbocycles. The van der Waals surface area contributed by atoms with Crippen LogP contribution in [0.25, 0.3) is 11.0 Å². The first-order valence-corrected chi connectivity index (χ1v) is 8.08. The number of carbonyl (C=O) groups excluding carboxylic acids is 1. The smallest absolute Gasteiger partial charge is 0.303 e. The van der Waals surface area contributed by atoms with E-state index in [0.29, 0.717) is 18.7 Å². The number of fused-ring (bicyclic) bond motifs is 1. The highest BCUT2D eigenvalue weighted by atomic mass is 16.4. The van der Waals surface area contributed by atoms with Gasteiger partial charge in [-0.15, -0.1) is 0 Å². The Morgan fingerprint density at radius 1 is 1.35 bits per heavy atom. The Bertz CT molecular complexity index is 734. The van der Waals surface area contributed by atoms with Gasteiger partial charge in [-0.05, 0) is 44.2 Å². The molecule has 3 rings (SSSR count).